The molecule has 0 aliphatic carbocycles. The molecule has 0 radical (unpaired) electrons. The van der Waals surface area contributed by atoms with E-state index in [1.54, 1.807) is 0 Å². The summed E-state index contributed by atoms with van der Waals surface area (Å²) in [7, 11) is 20.1. The third-order valence-corrected chi connectivity index (χ3v) is 0.800. The third-order valence-electron chi connectivity index (χ3n) is 0.800. The number of rotatable bonds is 0. The standard InChI is InChI=1S/C6H7N.Cl4HI/c7-6-4-2-1-3-5-6;1-5(2,3)4/h1-5H,7H2;5H. The van der Waals surface area contributed by atoms with Gasteiger partial charge in [-0.2, -0.15) is 0 Å². The quantitative estimate of drug-likeness (QED) is 0.528. The number of hydrogen-bond acceptors (Lipinski definition) is 1. The first-order chi connectivity index (χ1) is 5.39. The molecule has 0 spiro atoms. The average molecular weight is 363 g/mol. The predicted octanol–water partition coefficient (Wildman–Crippen LogP) is 4.64. The second-order valence-corrected chi connectivity index (χ2v) is 22.5. The number of para-hydroxylation sites is 1. The number of halogens is 5. The van der Waals surface area contributed by atoms with Crippen molar-refractivity contribution < 1.29 is 0 Å². The maximum atomic E-state index is 5.36. The molecule has 6 heteroatoms. The molecule has 0 aliphatic heterocycles. The van der Waals surface area contributed by atoms with Gasteiger partial charge in [0.1, 0.15) is 0 Å². The summed E-state index contributed by atoms with van der Waals surface area (Å²) in [4.78, 5) is 0. The number of benzene rings is 1. The molecule has 0 fully saturated rings. The van der Waals surface area contributed by atoms with Crippen LogP contribution in [0.4, 0.5) is 5.69 Å². The van der Waals surface area contributed by atoms with Crippen LogP contribution in [0, 0.1) is 0 Å². The average Bonchev–Trinajstić information content (AvgIpc) is 1.85. The van der Waals surface area contributed by atoms with Gasteiger partial charge in [0.05, 0.1) is 0 Å². The van der Waals surface area contributed by atoms with Crippen LogP contribution in [-0.4, -0.2) is 0 Å². The van der Waals surface area contributed by atoms with Crippen LogP contribution >= 0.6 is 49.6 Å². The Hall–Kier alpha value is 0.910. The molecule has 0 aromatic heterocycles. The molecule has 2 N–H and O–H groups in total. The molecule has 0 saturated carbocycles. The second kappa shape index (κ2) is 6.38. The monoisotopic (exact) mass is 361 g/mol. The first-order valence-corrected chi connectivity index (χ1v) is 14.6. The van der Waals surface area contributed by atoms with Crippen molar-refractivity contribution in [1.29, 1.82) is 0 Å². The van der Waals surface area contributed by atoms with E-state index in [9.17, 15) is 0 Å². The van der Waals surface area contributed by atoms with Gasteiger partial charge >= 0.3 is 49.6 Å². The third kappa shape index (κ3) is 13.5. The van der Waals surface area contributed by atoms with E-state index in [0.717, 1.165) is 5.69 Å². The van der Waals surface area contributed by atoms with Gasteiger partial charge in [0.25, 0.3) is 0 Å². The fourth-order valence-electron chi connectivity index (χ4n) is 0.453. The SMILES string of the molecule is Cl[IH](Cl)(Cl)Cl.Nc1ccccc1. The van der Waals surface area contributed by atoms with Gasteiger partial charge in [0.2, 0.25) is 0 Å². The van der Waals surface area contributed by atoms with Gasteiger partial charge in [-0.25, -0.2) is 0 Å². The van der Waals surface area contributed by atoms with E-state index >= 15 is 0 Å². The van der Waals surface area contributed by atoms with E-state index in [0.29, 0.717) is 0 Å². The molecule has 0 saturated heterocycles. The van der Waals surface area contributed by atoms with Crippen molar-refractivity contribution in [1.82, 2.24) is 0 Å². The van der Waals surface area contributed by atoms with Gasteiger partial charge in [-0.1, -0.05) is 18.2 Å². The summed E-state index contributed by atoms with van der Waals surface area (Å²) in [6, 6.07) is 9.49. The summed E-state index contributed by atoms with van der Waals surface area (Å²) in [5.41, 5.74) is 6.18. The Morgan fingerprint density at radius 1 is 0.917 bits per heavy atom. The summed E-state index contributed by atoms with van der Waals surface area (Å²) in [6.45, 7) is 0. The first-order valence-electron chi connectivity index (χ1n) is 2.82. The van der Waals surface area contributed by atoms with Crippen LogP contribution in [0.25, 0.3) is 0 Å². The molecule has 1 aromatic rings. The zero-order valence-electron chi connectivity index (χ0n) is 5.88. The van der Waals surface area contributed by atoms with Crippen molar-refractivity contribution in [3.63, 3.8) is 0 Å². The van der Waals surface area contributed by atoms with E-state index in [1.807, 2.05) is 30.3 Å². The van der Waals surface area contributed by atoms with Crippen LogP contribution < -0.4 is 5.73 Å². The Balaban J connectivity index is 0.000000217. The molecule has 0 bridgehead atoms. The number of anilines is 1. The number of hydrogen-bond donors (Lipinski definition) is 1. The minimum Gasteiger partial charge on any atom is -0.399 e. The Kier molecular flexibility index (Phi) is 6.86. The summed E-state index contributed by atoms with van der Waals surface area (Å²) in [6.07, 6.45) is 0. The summed E-state index contributed by atoms with van der Waals surface area (Å²) in [5, 5.41) is 0. The molecule has 1 rings (SSSR count). The van der Waals surface area contributed by atoms with Crippen molar-refractivity contribution in [2.75, 3.05) is 5.73 Å². The summed E-state index contributed by atoms with van der Waals surface area (Å²) < 4.78 is 0. The molecule has 1 aromatic carbocycles. The van der Waals surface area contributed by atoms with Crippen LogP contribution in [0.15, 0.2) is 30.3 Å². The Labute approximate surface area is 90.5 Å². The Morgan fingerprint density at radius 2 is 1.25 bits per heavy atom. The number of nitrogen functional groups attached to an aromatic ring is 1. The molecule has 0 heterocycles. The smallest absolute Gasteiger partial charge is 0.0313 e. The Bertz CT molecular complexity index is 205. The number of nitrogens with two attached hydrogens (primary N) is 1. The minimum absolute atomic E-state index is 0.822. The zero-order valence-corrected chi connectivity index (χ0v) is 11.2. The molecule has 0 amide bonds. The molecule has 0 aliphatic rings. The van der Waals surface area contributed by atoms with Crippen molar-refractivity contribution in [3.05, 3.63) is 30.3 Å². The van der Waals surface area contributed by atoms with Gasteiger partial charge in [0, 0.05) is 5.69 Å². The van der Waals surface area contributed by atoms with Crippen molar-refractivity contribution in [3.8, 4) is 0 Å². The van der Waals surface area contributed by atoms with E-state index in [1.165, 1.54) is 0 Å². The topological polar surface area (TPSA) is 26.0 Å². The van der Waals surface area contributed by atoms with Gasteiger partial charge in [0.15, 0.2) is 0 Å². The van der Waals surface area contributed by atoms with E-state index < -0.39 is 13.9 Å². The van der Waals surface area contributed by atoms with Crippen LogP contribution in [0.5, 0.6) is 0 Å². The largest absolute Gasteiger partial charge is 0.399 e. The van der Waals surface area contributed by atoms with E-state index in [2.05, 4.69) is 0 Å². The van der Waals surface area contributed by atoms with Crippen molar-refractivity contribution in [2.45, 2.75) is 0 Å². The molecular formula is C6H8Cl4IN. The van der Waals surface area contributed by atoms with Crippen molar-refractivity contribution in [2.24, 2.45) is 0 Å². The predicted molar refractivity (Wildman–Crippen MR) is 69.7 cm³/mol. The van der Waals surface area contributed by atoms with Crippen LogP contribution in [-0.2, 0) is 0 Å². The Morgan fingerprint density at radius 3 is 1.42 bits per heavy atom. The van der Waals surface area contributed by atoms with Gasteiger partial charge < -0.3 is 5.73 Å². The summed E-state index contributed by atoms with van der Waals surface area (Å²) >= 11 is -3.13. The first kappa shape index (κ1) is 12.9. The van der Waals surface area contributed by atoms with Crippen LogP contribution in [0.1, 0.15) is 0 Å². The fourth-order valence-corrected chi connectivity index (χ4v) is 0.453. The van der Waals surface area contributed by atoms with Crippen molar-refractivity contribution >= 4 is 55.2 Å². The second-order valence-electron chi connectivity index (χ2n) is 1.76. The fraction of sp³-hybridized carbons (Fsp3) is 0. The van der Waals surface area contributed by atoms with E-state index in [4.69, 9.17) is 41.4 Å². The minimum atomic E-state index is -3.13. The van der Waals surface area contributed by atoms with Crippen LogP contribution in [0.3, 0.4) is 0 Å². The maximum absolute atomic E-state index is 5.36. The maximum Gasteiger partial charge on any atom is 0.0313 e. The molecule has 0 atom stereocenters. The van der Waals surface area contributed by atoms with E-state index in [-0.39, 0.29) is 0 Å². The molecular weight excluding hydrogens is 355 g/mol. The molecule has 72 valence electrons. The van der Waals surface area contributed by atoms with Gasteiger partial charge in [-0.05, 0) is 12.1 Å². The normalized spacial score (nSPS) is 11.3. The zero-order chi connectivity index (χ0) is 9.61. The molecule has 1 nitrogen and oxygen atoms in total. The van der Waals surface area contributed by atoms with Gasteiger partial charge in [-0.15, -0.1) is 0 Å². The van der Waals surface area contributed by atoms with Crippen LogP contribution in [0.2, 0.25) is 0 Å². The molecule has 12 heavy (non-hydrogen) atoms. The summed E-state index contributed by atoms with van der Waals surface area (Å²) in [5.74, 6) is 0. The van der Waals surface area contributed by atoms with Gasteiger partial charge in [-0.3, -0.25) is 0 Å². The molecule has 0 unspecified atom stereocenters.